The average Bonchev–Trinajstić information content (AvgIpc) is 2.98. The van der Waals surface area contributed by atoms with Crippen molar-refractivity contribution in [1.82, 2.24) is 4.98 Å². The molecule has 4 nitrogen and oxygen atoms in total. The number of carbonyl (C=O) groups excluding carboxylic acids is 2. The second-order valence-electron chi connectivity index (χ2n) is 5.11. The van der Waals surface area contributed by atoms with Gasteiger partial charge in [0, 0.05) is 34.4 Å². The number of benzene rings is 2. The Morgan fingerprint density at radius 1 is 1.13 bits per heavy atom. The van der Waals surface area contributed by atoms with E-state index in [0.29, 0.717) is 28.2 Å². The van der Waals surface area contributed by atoms with Crippen molar-refractivity contribution in [2.45, 2.75) is 6.92 Å². The summed E-state index contributed by atoms with van der Waals surface area (Å²) in [7, 11) is 0. The molecule has 0 saturated heterocycles. The van der Waals surface area contributed by atoms with Crippen molar-refractivity contribution in [3.63, 3.8) is 0 Å². The number of anilines is 1. The summed E-state index contributed by atoms with van der Waals surface area (Å²) in [6, 6.07) is 14.4. The van der Waals surface area contributed by atoms with Gasteiger partial charge in [-0.1, -0.05) is 29.8 Å². The second kappa shape index (κ2) is 6.26. The number of rotatable bonds is 4. The molecule has 0 aliphatic heterocycles. The van der Waals surface area contributed by atoms with Crippen LogP contribution in [0.25, 0.3) is 10.9 Å². The van der Waals surface area contributed by atoms with Gasteiger partial charge in [0.25, 0.3) is 11.7 Å². The van der Waals surface area contributed by atoms with Crippen molar-refractivity contribution in [2.75, 3.05) is 11.4 Å². The van der Waals surface area contributed by atoms with Crippen molar-refractivity contribution >= 4 is 39.9 Å². The van der Waals surface area contributed by atoms with E-state index < -0.39 is 11.7 Å². The molecule has 0 saturated carbocycles. The normalized spacial score (nSPS) is 10.7. The largest absolute Gasteiger partial charge is 0.360 e. The minimum absolute atomic E-state index is 0.335. The van der Waals surface area contributed by atoms with E-state index in [1.807, 2.05) is 25.1 Å². The van der Waals surface area contributed by atoms with E-state index in [9.17, 15) is 9.59 Å². The molecule has 116 valence electrons. The van der Waals surface area contributed by atoms with Gasteiger partial charge in [0.2, 0.25) is 0 Å². The third-order valence-electron chi connectivity index (χ3n) is 3.71. The van der Waals surface area contributed by atoms with Crippen LogP contribution in [0.15, 0.2) is 54.7 Å². The first-order valence-corrected chi connectivity index (χ1v) is 7.67. The molecule has 0 aliphatic rings. The Morgan fingerprint density at radius 3 is 2.57 bits per heavy atom. The van der Waals surface area contributed by atoms with E-state index >= 15 is 0 Å². The first-order chi connectivity index (χ1) is 11.1. The summed E-state index contributed by atoms with van der Waals surface area (Å²) < 4.78 is 0. The molecule has 1 amide bonds. The van der Waals surface area contributed by atoms with Crippen LogP contribution in [0.4, 0.5) is 5.69 Å². The van der Waals surface area contributed by atoms with E-state index in [1.165, 1.54) is 4.90 Å². The molecular weight excluding hydrogens is 312 g/mol. The molecule has 3 aromatic rings. The van der Waals surface area contributed by atoms with Crippen molar-refractivity contribution in [3.8, 4) is 0 Å². The Morgan fingerprint density at radius 2 is 1.87 bits per heavy atom. The number of hydrogen-bond donors (Lipinski definition) is 1. The Labute approximate surface area is 138 Å². The lowest BCUT2D eigenvalue weighted by Crippen LogP contribution is -2.36. The highest BCUT2D eigenvalue weighted by Gasteiger charge is 2.25. The van der Waals surface area contributed by atoms with Crippen LogP contribution in [-0.4, -0.2) is 23.2 Å². The molecule has 0 unspecified atom stereocenters. The molecule has 2 aromatic carbocycles. The fourth-order valence-electron chi connectivity index (χ4n) is 2.57. The molecule has 1 aromatic heterocycles. The van der Waals surface area contributed by atoms with E-state index in [-0.39, 0.29) is 0 Å². The lowest BCUT2D eigenvalue weighted by atomic mass is 10.1. The zero-order chi connectivity index (χ0) is 16.4. The summed E-state index contributed by atoms with van der Waals surface area (Å²) in [4.78, 5) is 29.7. The van der Waals surface area contributed by atoms with Crippen LogP contribution in [0.5, 0.6) is 0 Å². The van der Waals surface area contributed by atoms with Crippen LogP contribution in [0.1, 0.15) is 17.3 Å². The lowest BCUT2D eigenvalue weighted by Gasteiger charge is -2.19. The Hall–Kier alpha value is -2.59. The van der Waals surface area contributed by atoms with E-state index in [2.05, 4.69) is 4.98 Å². The predicted molar refractivity (Wildman–Crippen MR) is 92.1 cm³/mol. The van der Waals surface area contributed by atoms with Crippen molar-refractivity contribution in [1.29, 1.82) is 0 Å². The molecule has 23 heavy (non-hydrogen) atoms. The van der Waals surface area contributed by atoms with Crippen molar-refractivity contribution < 1.29 is 9.59 Å². The van der Waals surface area contributed by atoms with Crippen LogP contribution >= 0.6 is 11.6 Å². The van der Waals surface area contributed by atoms with Gasteiger partial charge in [0.05, 0.1) is 5.56 Å². The Balaban J connectivity index is 1.98. The second-order valence-corrected chi connectivity index (χ2v) is 5.54. The van der Waals surface area contributed by atoms with Gasteiger partial charge < -0.3 is 9.88 Å². The number of halogens is 1. The number of nitrogens with zero attached hydrogens (tertiary/aromatic N) is 1. The summed E-state index contributed by atoms with van der Waals surface area (Å²) in [5, 5.41) is 1.17. The summed E-state index contributed by atoms with van der Waals surface area (Å²) in [5.74, 6) is -1.11. The number of aromatic nitrogens is 1. The monoisotopic (exact) mass is 326 g/mol. The molecule has 0 bridgehead atoms. The number of hydrogen-bond acceptors (Lipinski definition) is 2. The number of carbonyl (C=O) groups is 2. The number of likely N-dealkylation sites (N-methyl/N-ethyl adjacent to an activating group) is 1. The van der Waals surface area contributed by atoms with Crippen LogP contribution in [0.3, 0.4) is 0 Å². The topological polar surface area (TPSA) is 53.2 Å². The summed E-state index contributed by atoms with van der Waals surface area (Å²) >= 11 is 6.00. The number of nitrogens with one attached hydrogen (secondary N) is 1. The number of aromatic amines is 1. The molecular formula is C18H15ClN2O2. The first kappa shape index (κ1) is 15.3. The van der Waals surface area contributed by atoms with Gasteiger partial charge >= 0.3 is 0 Å². The van der Waals surface area contributed by atoms with Gasteiger partial charge in [-0.05, 0) is 37.3 Å². The number of amides is 1. The zero-order valence-electron chi connectivity index (χ0n) is 12.5. The smallest absolute Gasteiger partial charge is 0.299 e. The highest BCUT2D eigenvalue weighted by atomic mass is 35.5. The zero-order valence-corrected chi connectivity index (χ0v) is 13.3. The summed E-state index contributed by atoms with van der Waals surface area (Å²) in [6.07, 6.45) is 1.56. The highest BCUT2D eigenvalue weighted by molar-refractivity contribution is 6.49. The SMILES string of the molecule is CCN(C(=O)C(=O)c1c[nH]c2ccc(Cl)cc12)c1ccccc1. The number of H-pyrrole nitrogens is 1. The van der Waals surface area contributed by atoms with Crippen LogP contribution in [0.2, 0.25) is 5.02 Å². The van der Waals surface area contributed by atoms with Gasteiger partial charge in [-0.25, -0.2) is 0 Å². The lowest BCUT2D eigenvalue weighted by molar-refractivity contribution is -0.114. The van der Waals surface area contributed by atoms with Gasteiger partial charge in [0.1, 0.15) is 0 Å². The molecule has 1 heterocycles. The van der Waals surface area contributed by atoms with Crippen molar-refractivity contribution in [2.24, 2.45) is 0 Å². The van der Waals surface area contributed by atoms with Gasteiger partial charge in [-0.3, -0.25) is 9.59 Å². The van der Waals surface area contributed by atoms with Crippen molar-refractivity contribution in [3.05, 3.63) is 65.3 Å². The number of Topliss-reactive ketones (excluding diaryl/α,β-unsaturated/α-hetero) is 1. The van der Waals surface area contributed by atoms with Gasteiger partial charge in [-0.15, -0.1) is 0 Å². The van der Waals surface area contributed by atoms with E-state index in [1.54, 1.807) is 36.5 Å². The fourth-order valence-corrected chi connectivity index (χ4v) is 2.74. The minimum atomic E-state index is -0.556. The molecule has 0 aliphatic carbocycles. The maximum Gasteiger partial charge on any atom is 0.299 e. The minimum Gasteiger partial charge on any atom is -0.360 e. The standard InChI is InChI=1S/C18H15ClN2O2/c1-2-21(13-6-4-3-5-7-13)18(23)17(22)15-11-20-16-9-8-12(19)10-14(15)16/h3-11,20H,2H2,1H3. The quantitative estimate of drug-likeness (QED) is 0.580. The molecule has 0 atom stereocenters. The molecule has 5 heteroatoms. The van der Waals surface area contributed by atoms with Crippen LogP contribution in [0, 0.1) is 0 Å². The molecule has 0 radical (unpaired) electrons. The predicted octanol–water partition coefficient (Wildman–Crippen LogP) is 4.06. The summed E-state index contributed by atoms with van der Waals surface area (Å²) in [6.45, 7) is 2.25. The number of ketones is 1. The third kappa shape index (κ3) is 2.85. The van der Waals surface area contributed by atoms with Crippen LogP contribution < -0.4 is 4.90 Å². The Bertz CT molecular complexity index is 871. The Kier molecular flexibility index (Phi) is 4.17. The molecule has 0 spiro atoms. The first-order valence-electron chi connectivity index (χ1n) is 7.29. The third-order valence-corrected chi connectivity index (χ3v) is 3.95. The number of para-hydroxylation sites is 1. The molecule has 1 N–H and O–H groups in total. The maximum atomic E-state index is 12.7. The molecule has 3 rings (SSSR count). The highest BCUT2D eigenvalue weighted by Crippen LogP contribution is 2.24. The van der Waals surface area contributed by atoms with Gasteiger partial charge in [0.15, 0.2) is 0 Å². The maximum absolute atomic E-state index is 12.7. The van der Waals surface area contributed by atoms with Gasteiger partial charge in [-0.2, -0.15) is 0 Å². The van der Waals surface area contributed by atoms with E-state index in [0.717, 1.165) is 5.52 Å². The fraction of sp³-hybridized carbons (Fsp3) is 0.111. The molecule has 0 fully saturated rings. The number of fused-ring (bicyclic) bond motifs is 1. The van der Waals surface area contributed by atoms with E-state index in [4.69, 9.17) is 11.6 Å². The average molecular weight is 327 g/mol. The van der Waals surface area contributed by atoms with Crippen LogP contribution in [-0.2, 0) is 4.79 Å². The summed E-state index contributed by atoms with van der Waals surface area (Å²) in [5.41, 5.74) is 1.81.